The number of carbonyl (C=O) groups is 1. The molecular formula is C13H16O3. The number of allylic oxidation sites excluding steroid dienone is 1. The fourth-order valence-electron chi connectivity index (χ4n) is 1.29. The number of benzene rings is 1. The largest absolute Gasteiger partial charge is 0.465 e. The molecule has 0 amide bonds. The van der Waals surface area contributed by atoms with Crippen molar-refractivity contribution in [3.8, 4) is 0 Å². The third-order valence-corrected chi connectivity index (χ3v) is 2.13. The van der Waals surface area contributed by atoms with E-state index in [1.807, 2.05) is 37.3 Å². The third kappa shape index (κ3) is 3.51. The van der Waals surface area contributed by atoms with Crippen molar-refractivity contribution in [1.29, 1.82) is 0 Å². The molecule has 0 radical (unpaired) electrons. The highest BCUT2D eigenvalue weighted by Gasteiger charge is 2.10. The van der Waals surface area contributed by atoms with Gasteiger partial charge in [0.1, 0.15) is 0 Å². The molecule has 86 valence electrons. The Morgan fingerprint density at radius 3 is 2.81 bits per heavy atom. The Balaban J connectivity index is 2.67. The molecule has 0 unspecified atom stereocenters. The maximum absolute atomic E-state index is 11.4. The summed E-state index contributed by atoms with van der Waals surface area (Å²) in [7, 11) is 1.37. The topological polar surface area (TPSA) is 35.5 Å². The summed E-state index contributed by atoms with van der Waals surface area (Å²) in [5.74, 6) is -0.328. The van der Waals surface area contributed by atoms with Crippen LogP contribution in [-0.2, 0) is 16.1 Å². The van der Waals surface area contributed by atoms with E-state index in [9.17, 15) is 4.79 Å². The van der Waals surface area contributed by atoms with Gasteiger partial charge in [0.2, 0.25) is 0 Å². The molecule has 0 aliphatic carbocycles. The average Bonchev–Trinajstić information content (AvgIpc) is 2.34. The molecule has 0 bridgehead atoms. The zero-order chi connectivity index (χ0) is 11.8. The van der Waals surface area contributed by atoms with Gasteiger partial charge in [-0.25, -0.2) is 4.79 Å². The molecule has 1 aromatic rings. The van der Waals surface area contributed by atoms with E-state index in [0.29, 0.717) is 18.8 Å². The van der Waals surface area contributed by atoms with Crippen molar-refractivity contribution in [2.45, 2.75) is 13.5 Å². The Labute approximate surface area is 95.7 Å². The number of hydrogen-bond donors (Lipinski definition) is 0. The van der Waals surface area contributed by atoms with Gasteiger partial charge in [-0.05, 0) is 18.6 Å². The summed E-state index contributed by atoms with van der Waals surface area (Å²) < 4.78 is 10.1. The molecule has 0 saturated heterocycles. The number of hydrogen-bond acceptors (Lipinski definition) is 3. The first-order chi connectivity index (χ1) is 7.79. The first-order valence-electron chi connectivity index (χ1n) is 5.14. The van der Waals surface area contributed by atoms with Crippen LogP contribution in [-0.4, -0.2) is 19.7 Å². The van der Waals surface area contributed by atoms with Crippen LogP contribution in [0, 0.1) is 0 Å². The van der Waals surface area contributed by atoms with Gasteiger partial charge in [0, 0.05) is 0 Å². The second-order valence-electron chi connectivity index (χ2n) is 3.23. The Morgan fingerprint density at radius 2 is 2.12 bits per heavy atom. The van der Waals surface area contributed by atoms with Gasteiger partial charge < -0.3 is 9.47 Å². The fraction of sp³-hybridized carbons (Fsp3) is 0.308. The van der Waals surface area contributed by atoms with Crippen LogP contribution in [0.5, 0.6) is 0 Å². The van der Waals surface area contributed by atoms with Gasteiger partial charge in [-0.2, -0.15) is 0 Å². The number of rotatable bonds is 5. The van der Waals surface area contributed by atoms with Crippen molar-refractivity contribution in [3.63, 3.8) is 0 Å². The molecule has 3 nitrogen and oxygen atoms in total. The predicted octanol–water partition coefficient (Wildman–Crippen LogP) is 2.57. The van der Waals surface area contributed by atoms with Crippen molar-refractivity contribution in [3.05, 3.63) is 47.5 Å². The number of carbonyl (C=O) groups excluding carboxylic acids is 1. The van der Waals surface area contributed by atoms with Gasteiger partial charge in [-0.1, -0.05) is 30.4 Å². The van der Waals surface area contributed by atoms with Crippen LogP contribution < -0.4 is 0 Å². The minimum Gasteiger partial charge on any atom is -0.465 e. The van der Waals surface area contributed by atoms with Gasteiger partial charge in [0.05, 0.1) is 25.9 Å². The molecule has 0 aliphatic rings. The molecule has 0 heterocycles. The highest BCUT2D eigenvalue weighted by molar-refractivity contribution is 5.90. The number of methoxy groups -OCH3 is 1. The van der Waals surface area contributed by atoms with E-state index in [4.69, 9.17) is 9.47 Å². The lowest BCUT2D eigenvalue weighted by atomic mass is 10.1. The van der Waals surface area contributed by atoms with Crippen LogP contribution in [0.1, 0.15) is 22.8 Å². The van der Waals surface area contributed by atoms with Crippen molar-refractivity contribution in [1.82, 2.24) is 0 Å². The van der Waals surface area contributed by atoms with E-state index in [0.717, 1.165) is 5.56 Å². The molecule has 0 atom stereocenters. The summed E-state index contributed by atoms with van der Waals surface area (Å²) in [4.78, 5) is 11.4. The summed E-state index contributed by atoms with van der Waals surface area (Å²) in [6.07, 6.45) is 3.84. The smallest absolute Gasteiger partial charge is 0.338 e. The molecule has 3 heteroatoms. The van der Waals surface area contributed by atoms with E-state index < -0.39 is 0 Å². The van der Waals surface area contributed by atoms with E-state index in [-0.39, 0.29) is 5.97 Å². The zero-order valence-electron chi connectivity index (χ0n) is 9.60. The monoisotopic (exact) mass is 220 g/mol. The molecule has 0 N–H and O–H groups in total. The average molecular weight is 220 g/mol. The van der Waals surface area contributed by atoms with Crippen LogP contribution in [0.15, 0.2) is 36.4 Å². The molecule has 0 aliphatic heterocycles. The van der Waals surface area contributed by atoms with Crippen molar-refractivity contribution >= 4 is 5.97 Å². The first-order valence-corrected chi connectivity index (χ1v) is 5.14. The highest BCUT2D eigenvalue weighted by Crippen LogP contribution is 2.11. The number of esters is 1. The fourth-order valence-corrected chi connectivity index (χ4v) is 1.29. The second-order valence-corrected chi connectivity index (χ2v) is 3.23. The van der Waals surface area contributed by atoms with E-state index in [2.05, 4.69) is 0 Å². The number of ether oxygens (including phenoxy) is 2. The maximum atomic E-state index is 11.4. The van der Waals surface area contributed by atoms with E-state index >= 15 is 0 Å². The van der Waals surface area contributed by atoms with E-state index in [1.165, 1.54) is 7.11 Å². The normalized spacial score (nSPS) is 10.6. The standard InChI is InChI=1S/C13H16O3/c1-3-4-9-16-10-11-7-5-6-8-12(11)13(14)15-2/h3-8H,9-10H2,1-2H3/b4-3+. The summed E-state index contributed by atoms with van der Waals surface area (Å²) >= 11 is 0. The lowest BCUT2D eigenvalue weighted by Crippen LogP contribution is -2.06. The van der Waals surface area contributed by atoms with Crippen molar-refractivity contribution in [2.75, 3.05) is 13.7 Å². The summed E-state index contributed by atoms with van der Waals surface area (Å²) in [6, 6.07) is 7.28. The molecule has 1 aromatic carbocycles. The zero-order valence-corrected chi connectivity index (χ0v) is 9.60. The maximum Gasteiger partial charge on any atom is 0.338 e. The highest BCUT2D eigenvalue weighted by atomic mass is 16.5. The Morgan fingerprint density at radius 1 is 1.38 bits per heavy atom. The molecule has 0 saturated carbocycles. The van der Waals surface area contributed by atoms with Crippen LogP contribution >= 0.6 is 0 Å². The summed E-state index contributed by atoms with van der Waals surface area (Å²) in [5.41, 5.74) is 1.41. The first kappa shape index (κ1) is 12.5. The summed E-state index contributed by atoms with van der Waals surface area (Å²) in [5, 5.41) is 0. The van der Waals surface area contributed by atoms with Gasteiger partial charge >= 0.3 is 5.97 Å². The quantitative estimate of drug-likeness (QED) is 0.434. The minimum atomic E-state index is -0.328. The van der Waals surface area contributed by atoms with Gasteiger partial charge in [-0.15, -0.1) is 0 Å². The lowest BCUT2D eigenvalue weighted by molar-refractivity contribution is 0.0594. The predicted molar refractivity (Wildman–Crippen MR) is 62.3 cm³/mol. The minimum absolute atomic E-state index is 0.328. The van der Waals surface area contributed by atoms with E-state index in [1.54, 1.807) is 6.07 Å². The van der Waals surface area contributed by atoms with Gasteiger partial charge in [-0.3, -0.25) is 0 Å². The molecule has 0 aromatic heterocycles. The molecule has 0 fully saturated rings. The van der Waals surface area contributed by atoms with Gasteiger partial charge in [0.25, 0.3) is 0 Å². The van der Waals surface area contributed by atoms with Crippen LogP contribution in [0.2, 0.25) is 0 Å². The van der Waals surface area contributed by atoms with Crippen molar-refractivity contribution < 1.29 is 14.3 Å². The van der Waals surface area contributed by atoms with Gasteiger partial charge in [0.15, 0.2) is 0 Å². The van der Waals surface area contributed by atoms with Crippen LogP contribution in [0.4, 0.5) is 0 Å². The summed E-state index contributed by atoms with van der Waals surface area (Å²) in [6.45, 7) is 2.90. The van der Waals surface area contributed by atoms with Crippen LogP contribution in [0.3, 0.4) is 0 Å². The van der Waals surface area contributed by atoms with Crippen molar-refractivity contribution in [2.24, 2.45) is 0 Å². The SMILES string of the molecule is C/C=C/COCc1ccccc1C(=O)OC. The molecule has 0 spiro atoms. The second kappa shape index (κ2) is 6.80. The Bertz CT molecular complexity index is 369. The molecular weight excluding hydrogens is 204 g/mol. The third-order valence-electron chi connectivity index (χ3n) is 2.13. The van der Waals surface area contributed by atoms with Crippen LogP contribution in [0.25, 0.3) is 0 Å². The molecule has 1 rings (SSSR count). The lowest BCUT2D eigenvalue weighted by Gasteiger charge is -2.07. The Kier molecular flexibility index (Phi) is 5.29. The Hall–Kier alpha value is -1.61. The molecule has 16 heavy (non-hydrogen) atoms.